The first-order valence-electron chi connectivity index (χ1n) is 7.14. The number of nitrogens with zero attached hydrogens (tertiary/aromatic N) is 3. The van der Waals surface area contributed by atoms with Gasteiger partial charge in [0.25, 0.3) is 0 Å². The molecule has 0 radical (unpaired) electrons. The Hall–Kier alpha value is -1.78. The first-order valence-corrected chi connectivity index (χ1v) is 7.14. The molecular weight excluding hydrogens is 265 g/mol. The molecule has 0 aliphatic heterocycles. The van der Waals surface area contributed by atoms with E-state index >= 15 is 0 Å². The van der Waals surface area contributed by atoms with Crippen molar-refractivity contribution in [3.63, 3.8) is 0 Å². The van der Waals surface area contributed by atoms with Gasteiger partial charge in [-0.05, 0) is 49.5 Å². The van der Waals surface area contributed by atoms with Crippen LogP contribution in [0.5, 0.6) is 0 Å². The third-order valence-electron chi connectivity index (χ3n) is 3.31. The van der Waals surface area contributed by atoms with Crippen LogP contribution in [0.25, 0.3) is 0 Å². The number of hydrogen-bond acceptors (Lipinski definition) is 3. The van der Waals surface area contributed by atoms with Gasteiger partial charge < -0.3 is 4.90 Å². The van der Waals surface area contributed by atoms with Crippen LogP contribution in [0, 0.1) is 5.82 Å². The molecule has 3 nitrogen and oxygen atoms in total. The van der Waals surface area contributed by atoms with Crippen molar-refractivity contribution in [2.45, 2.75) is 13.1 Å². The van der Waals surface area contributed by atoms with Crippen LogP contribution in [0.4, 0.5) is 4.39 Å². The van der Waals surface area contributed by atoms with Gasteiger partial charge in [0.2, 0.25) is 0 Å². The van der Waals surface area contributed by atoms with E-state index in [4.69, 9.17) is 0 Å². The smallest absolute Gasteiger partial charge is 0.123 e. The van der Waals surface area contributed by atoms with Crippen molar-refractivity contribution in [2.24, 2.45) is 0 Å². The molecule has 0 spiro atoms. The monoisotopic (exact) mass is 287 g/mol. The number of hydrogen-bond donors (Lipinski definition) is 0. The zero-order valence-electron chi connectivity index (χ0n) is 12.7. The van der Waals surface area contributed by atoms with Crippen molar-refractivity contribution in [3.05, 3.63) is 65.7 Å². The van der Waals surface area contributed by atoms with Gasteiger partial charge in [-0.3, -0.25) is 9.88 Å². The summed E-state index contributed by atoms with van der Waals surface area (Å²) in [5, 5.41) is 0. The molecule has 0 atom stereocenters. The van der Waals surface area contributed by atoms with E-state index in [9.17, 15) is 4.39 Å². The first kappa shape index (κ1) is 15.6. The molecule has 0 aliphatic rings. The highest BCUT2D eigenvalue weighted by molar-refractivity contribution is 5.17. The molecule has 0 N–H and O–H groups in total. The van der Waals surface area contributed by atoms with Gasteiger partial charge in [0, 0.05) is 38.6 Å². The summed E-state index contributed by atoms with van der Waals surface area (Å²) >= 11 is 0. The Morgan fingerprint density at radius 2 is 1.67 bits per heavy atom. The Balaban J connectivity index is 2.04. The molecule has 0 unspecified atom stereocenters. The van der Waals surface area contributed by atoms with Crippen molar-refractivity contribution in [1.29, 1.82) is 0 Å². The Labute approximate surface area is 126 Å². The number of likely N-dealkylation sites (N-methyl/N-ethyl adjacent to an activating group) is 1. The van der Waals surface area contributed by atoms with E-state index in [0.29, 0.717) is 0 Å². The molecule has 0 bridgehead atoms. The predicted molar refractivity (Wildman–Crippen MR) is 83.3 cm³/mol. The van der Waals surface area contributed by atoms with Gasteiger partial charge in [-0.2, -0.15) is 0 Å². The maximum Gasteiger partial charge on any atom is 0.123 e. The Bertz CT molecular complexity index is 543. The number of rotatable bonds is 7. The van der Waals surface area contributed by atoms with Crippen molar-refractivity contribution < 1.29 is 4.39 Å². The van der Waals surface area contributed by atoms with Crippen molar-refractivity contribution in [1.82, 2.24) is 14.8 Å². The topological polar surface area (TPSA) is 19.4 Å². The fourth-order valence-corrected chi connectivity index (χ4v) is 2.20. The summed E-state index contributed by atoms with van der Waals surface area (Å²) in [4.78, 5) is 8.53. The highest BCUT2D eigenvalue weighted by Gasteiger charge is 2.08. The summed E-state index contributed by atoms with van der Waals surface area (Å²) in [7, 11) is 4.12. The minimum Gasteiger partial charge on any atom is -0.308 e. The molecule has 2 aromatic rings. The van der Waals surface area contributed by atoms with Crippen LogP contribution in [0.3, 0.4) is 0 Å². The lowest BCUT2D eigenvalue weighted by molar-refractivity contribution is 0.226. The molecule has 4 heteroatoms. The molecule has 0 saturated heterocycles. The summed E-state index contributed by atoms with van der Waals surface area (Å²) in [6.45, 7) is 3.49. The summed E-state index contributed by atoms with van der Waals surface area (Å²) in [5.74, 6) is -0.177. The Morgan fingerprint density at radius 1 is 0.952 bits per heavy atom. The van der Waals surface area contributed by atoms with Gasteiger partial charge in [-0.15, -0.1) is 0 Å². The lowest BCUT2D eigenvalue weighted by Crippen LogP contribution is -2.31. The molecule has 21 heavy (non-hydrogen) atoms. The first-order chi connectivity index (χ1) is 10.1. The predicted octanol–water partition coefficient (Wildman–Crippen LogP) is 2.78. The SMILES string of the molecule is CN(C)CCN(Cc1ccncc1)Cc1cccc(F)c1. The van der Waals surface area contributed by atoms with Crippen molar-refractivity contribution in [3.8, 4) is 0 Å². The molecule has 1 aromatic heterocycles. The zero-order chi connectivity index (χ0) is 15.1. The summed E-state index contributed by atoms with van der Waals surface area (Å²) in [6.07, 6.45) is 3.61. The minimum absolute atomic E-state index is 0.177. The number of pyridine rings is 1. The van der Waals surface area contributed by atoms with Crippen molar-refractivity contribution in [2.75, 3.05) is 27.2 Å². The van der Waals surface area contributed by atoms with Crippen LogP contribution in [-0.2, 0) is 13.1 Å². The van der Waals surface area contributed by atoms with Crippen LogP contribution in [0.2, 0.25) is 0 Å². The molecule has 0 amide bonds. The van der Waals surface area contributed by atoms with E-state index in [2.05, 4.69) is 28.9 Å². The van der Waals surface area contributed by atoms with Crippen LogP contribution in [0.15, 0.2) is 48.8 Å². The summed E-state index contributed by atoms with van der Waals surface area (Å²) in [6, 6.07) is 10.9. The van der Waals surface area contributed by atoms with E-state index in [0.717, 1.165) is 31.7 Å². The average Bonchev–Trinajstić information content (AvgIpc) is 2.46. The van der Waals surface area contributed by atoms with Gasteiger partial charge in [-0.1, -0.05) is 12.1 Å². The third-order valence-corrected chi connectivity index (χ3v) is 3.31. The van der Waals surface area contributed by atoms with E-state index in [1.807, 2.05) is 30.6 Å². The third kappa shape index (κ3) is 5.61. The quantitative estimate of drug-likeness (QED) is 0.780. The van der Waals surface area contributed by atoms with E-state index in [-0.39, 0.29) is 5.82 Å². The van der Waals surface area contributed by atoms with Crippen LogP contribution in [0.1, 0.15) is 11.1 Å². The van der Waals surface area contributed by atoms with Gasteiger partial charge in [0.05, 0.1) is 0 Å². The van der Waals surface area contributed by atoms with Gasteiger partial charge in [0.1, 0.15) is 5.82 Å². The normalized spacial score (nSPS) is 11.3. The zero-order valence-corrected chi connectivity index (χ0v) is 12.7. The fraction of sp³-hybridized carbons (Fsp3) is 0.353. The summed E-state index contributed by atoms with van der Waals surface area (Å²) < 4.78 is 13.3. The van der Waals surface area contributed by atoms with E-state index in [1.165, 1.54) is 11.6 Å². The molecule has 2 rings (SSSR count). The molecule has 0 fully saturated rings. The van der Waals surface area contributed by atoms with Crippen molar-refractivity contribution >= 4 is 0 Å². The van der Waals surface area contributed by atoms with Crippen LogP contribution < -0.4 is 0 Å². The largest absolute Gasteiger partial charge is 0.308 e. The second kappa shape index (κ2) is 7.86. The number of halogens is 1. The number of aromatic nitrogens is 1. The summed E-state index contributed by atoms with van der Waals surface area (Å²) in [5.41, 5.74) is 2.22. The lowest BCUT2D eigenvalue weighted by Gasteiger charge is -2.24. The standard InChI is InChI=1S/C17H22FN3/c1-20(2)10-11-21(13-15-6-8-19-9-7-15)14-16-4-3-5-17(18)12-16/h3-9,12H,10-11,13-14H2,1-2H3. The van der Waals surface area contributed by atoms with Gasteiger partial charge in [0.15, 0.2) is 0 Å². The highest BCUT2D eigenvalue weighted by atomic mass is 19.1. The number of benzene rings is 1. The molecule has 112 valence electrons. The minimum atomic E-state index is -0.177. The average molecular weight is 287 g/mol. The Morgan fingerprint density at radius 3 is 2.33 bits per heavy atom. The maximum atomic E-state index is 13.3. The van der Waals surface area contributed by atoms with E-state index < -0.39 is 0 Å². The maximum absolute atomic E-state index is 13.3. The fourth-order valence-electron chi connectivity index (χ4n) is 2.20. The van der Waals surface area contributed by atoms with Gasteiger partial charge >= 0.3 is 0 Å². The lowest BCUT2D eigenvalue weighted by atomic mass is 10.2. The van der Waals surface area contributed by atoms with E-state index in [1.54, 1.807) is 12.1 Å². The molecule has 1 aromatic carbocycles. The second-order valence-electron chi connectivity index (χ2n) is 5.50. The van der Waals surface area contributed by atoms with Gasteiger partial charge in [-0.25, -0.2) is 4.39 Å². The van der Waals surface area contributed by atoms with Crippen LogP contribution >= 0.6 is 0 Å². The van der Waals surface area contributed by atoms with Crippen LogP contribution in [-0.4, -0.2) is 42.0 Å². The highest BCUT2D eigenvalue weighted by Crippen LogP contribution is 2.11. The molecule has 0 aliphatic carbocycles. The molecular formula is C17H22FN3. The second-order valence-corrected chi connectivity index (χ2v) is 5.50. The Kier molecular flexibility index (Phi) is 5.84. The molecule has 1 heterocycles. The molecule has 0 saturated carbocycles.